The fourth-order valence-electron chi connectivity index (χ4n) is 1.72. The largest absolute Gasteiger partial charge is 0.465 e. The van der Waals surface area contributed by atoms with E-state index in [2.05, 4.69) is 31.3 Å². The normalized spacial score (nSPS) is 11.6. The lowest BCUT2D eigenvalue weighted by molar-refractivity contribution is -0.145. The standard InChI is InChI=1S/C13H16BrFN4O2/c1-2-21-13(20)12(17-6-3-7-18-19-16)10-5-4-9(15)8-11(10)14/h4-5,8,12,17H,2-3,6-7H2,1H3. The van der Waals surface area contributed by atoms with Gasteiger partial charge in [-0.2, -0.15) is 0 Å². The Morgan fingerprint density at radius 2 is 2.38 bits per heavy atom. The number of halogens is 2. The number of rotatable bonds is 8. The molecule has 0 aliphatic heterocycles. The van der Waals surface area contributed by atoms with Crippen LogP contribution in [0.15, 0.2) is 27.8 Å². The molecule has 0 aliphatic rings. The lowest BCUT2D eigenvalue weighted by Crippen LogP contribution is -2.31. The molecular formula is C13H16BrFN4O2. The van der Waals surface area contributed by atoms with E-state index in [1.165, 1.54) is 18.2 Å². The van der Waals surface area contributed by atoms with Crippen molar-refractivity contribution in [2.45, 2.75) is 19.4 Å². The van der Waals surface area contributed by atoms with Crippen LogP contribution < -0.4 is 5.32 Å². The van der Waals surface area contributed by atoms with Gasteiger partial charge in [0.15, 0.2) is 0 Å². The Morgan fingerprint density at radius 3 is 3.00 bits per heavy atom. The maximum Gasteiger partial charge on any atom is 0.327 e. The molecule has 0 aromatic heterocycles. The minimum atomic E-state index is -0.703. The van der Waals surface area contributed by atoms with Crippen molar-refractivity contribution in [2.24, 2.45) is 5.11 Å². The van der Waals surface area contributed by atoms with E-state index < -0.39 is 17.8 Å². The Hall–Kier alpha value is -1.63. The Morgan fingerprint density at radius 1 is 1.62 bits per heavy atom. The number of hydrogen-bond donors (Lipinski definition) is 1. The predicted molar refractivity (Wildman–Crippen MR) is 80.1 cm³/mol. The minimum absolute atomic E-state index is 0.258. The lowest BCUT2D eigenvalue weighted by atomic mass is 10.1. The van der Waals surface area contributed by atoms with E-state index in [-0.39, 0.29) is 6.61 Å². The number of azide groups is 1. The third kappa shape index (κ3) is 5.71. The molecule has 1 rings (SSSR count). The molecule has 0 amide bonds. The zero-order chi connectivity index (χ0) is 15.7. The highest BCUT2D eigenvalue weighted by atomic mass is 79.9. The molecule has 8 heteroatoms. The zero-order valence-corrected chi connectivity index (χ0v) is 13.1. The highest BCUT2D eigenvalue weighted by molar-refractivity contribution is 9.10. The molecule has 0 fully saturated rings. The smallest absolute Gasteiger partial charge is 0.327 e. The van der Waals surface area contributed by atoms with Crippen LogP contribution in [-0.2, 0) is 9.53 Å². The van der Waals surface area contributed by atoms with Gasteiger partial charge in [-0.05, 0) is 43.1 Å². The second kappa shape index (κ2) is 9.33. The molecule has 0 aliphatic carbocycles. The van der Waals surface area contributed by atoms with E-state index in [9.17, 15) is 9.18 Å². The average molecular weight is 359 g/mol. The molecule has 6 nitrogen and oxygen atoms in total. The van der Waals surface area contributed by atoms with E-state index in [0.717, 1.165) is 0 Å². The van der Waals surface area contributed by atoms with Crippen LogP contribution in [0.4, 0.5) is 4.39 Å². The molecular weight excluding hydrogens is 343 g/mol. The van der Waals surface area contributed by atoms with Crippen molar-refractivity contribution in [1.29, 1.82) is 0 Å². The van der Waals surface area contributed by atoms with E-state index in [4.69, 9.17) is 10.3 Å². The van der Waals surface area contributed by atoms with Gasteiger partial charge in [-0.1, -0.05) is 27.1 Å². The van der Waals surface area contributed by atoms with Crippen LogP contribution >= 0.6 is 15.9 Å². The molecule has 0 saturated carbocycles. The molecule has 0 spiro atoms. The van der Waals surface area contributed by atoms with Crippen molar-refractivity contribution in [3.05, 3.63) is 44.5 Å². The van der Waals surface area contributed by atoms with Gasteiger partial charge in [0.05, 0.1) is 6.61 Å². The van der Waals surface area contributed by atoms with Crippen molar-refractivity contribution in [2.75, 3.05) is 19.7 Å². The van der Waals surface area contributed by atoms with Gasteiger partial charge < -0.3 is 10.1 Å². The number of carbonyl (C=O) groups excluding carboxylic acids is 1. The van der Waals surface area contributed by atoms with Gasteiger partial charge in [-0.3, -0.25) is 0 Å². The summed E-state index contributed by atoms with van der Waals surface area (Å²) >= 11 is 3.25. The van der Waals surface area contributed by atoms with Crippen molar-refractivity contribution < 1.29 is 13.9 Å². The number of carbonyl (C=O) groups is 1. The number of esters is 1. The summed E-state index contributed by atoms with van der Waals surface area (Å²) in [6, 6.07) is 3.41. The Labute approximate surface area is 130 Å². The second-order valence-electron chi connectivity index (χ2n) is 4.11. The van der Waals surface area contributed by atoms with Crippen LogP contribution in [0.25, 0.3) is 10.4 Å². The van der Waals surface area contributed by atoms with Gasteiger partial charge in [0, 0.05) is 15.9 Å². The van der Waals surface area contributed by atoms with Crippen molar-refractivity contribution in [3.63, 3.8) is 0 Å². The molecule has 0 saturated heterocycles. The van der Waals surface area contributed by atoms with Crippen molar-refractivity contribution in [3.8, 4) is 0 Å². The molecule has 114 valence electrons. The highest BCUT2D eigenvalue weighted by Gasteiger charge is 2.23. The van der Waals surface area contributed by atoms with Crippen LogP contribution in [-0.4, -0.2) is 25.7 Å². The molecule has 21 heavy (non-hydrogen) atoms. The van der Waals surface area contributed by atoms with E-state index in [0.29, 0.717) is 29.5 Å². The number of hydrogen-bond acceptors (Lipinski definition) is 4. The first-order valence-corrected chi connectivity index (χ1v) is 7.25. The minimum Gasteiger partial charge on any atom is -0.465 e. The highest BCUT2D eigenvalue weighted by Crippen LogP contribution is 2.25. The van der Waals surface area contributed by atoms with Gasteiger partial charge in [0.1, 0.15) is 11.9 Å². The summed E-state index contributed by atoms with van der Waals surface area (Å²) in [5.74, 6) is -0.829. The average Bonchev–Trinajstić information content (AvgIpc) is 2.44. The fraction of sp³-hybridized carbons (Fsp3) is 0.462. The molecule has 1 unspecified atom stereocenters. The topological polar surface area (TPSA) is 87.1 Å². The molecule has 1 atom stereocenters. The van der Waals surface area contributed by atoms with Crippen LogP contribution in [0, 0.1) is 5.82 Å². The van der Waals surface area contributed by atoms with E-state index in [1.54, 1.807) is 6.92 Å². The van der Waals surface area contributed by atoms with Gasteiger partial charge in [0.2, 0.25) is 0 Å². The van der Waals surface area contributed by atoms with Crippen LogP contribution in [0.1, 0.15) is 24.9 Å². The zero-order valence-electron chi connectivity index (χ0n) is 11.6. The summed E-state index contributed by atoms with van der Waals surface area (Å²) in [4.78, 5) is 14.7. The first kappa shape index (κ1) is 17.4. The van der Waals surface area contributed by atoms with Crippen LogP contribution in [0.3, 0.4) is 0 Å². The van der Waals surface area contributed by atoms with Gasteiger partial charge >= 0.3 is 5.97 Å². The predicted octanol–water partition coefficient (Wildman–Crippen LogP) is 3.48. The molecule has 0 bridgehead atoms. The number of nitrogens with one attached hydrogen (secondary N) is 1. The Kier molecular flexibility index (Phi) is 7.74. The molecule has 1 N–H and O–H groups in total. The van der Waals surface area contributed by atoms with E-state index >= 15 is 0 Å². The maximum absolute atomic E-state index is 13.1. The van der Waals surface area contributed by atoms with Gasteiger partial charge in [-0.25, -0.2) is 9.18 Å². The number of ether oxygens (including phenoxy) is 1. The van der Waals surface area contributed by atoms with Crippen LogP contribution in [0.5, 0.6) is 0 Å². The van der Waals surface area contributed by atoms with Crippen molar-refractivity contribution >= 4 is 21.9 Å². The SMILES string of the molecule is CCOC(=O)C(NCCCN=[N+]=[N-])c1ccc(F)cc1Br. The summed E-state index contributed by atoms with van der Waals surface area (Å²) in [6.07, 6.45) is 0.582. The third-order valence-corrected chi connectivity index (χ3v) is 3.33. The summed E-state index contributed by atoms with van der Waals surface area (Å²) in [5, 5.41) is 6.45. The first-order chi connectivity index (χ1) is 10.1. The van der Waals surface area contributed by atoms with Crippen LogP contribution in [0.2, 0.25) is 0 Å². The number of nitrogens with zero attached hydrogens (tertiary/aromatic N) is 3. The monoisotopic (exact) mass is 358 g/mol. The second-order valence-corrected chi connectivity index (χ2v) is 4.97. The first-order valence-electron chi connectivity index (χ1n) is 6.46. The molecule has 1 aromatic rings. The van der Waals surface area contributed by atoms with Gasteiger partial charge in [-0.15, -0.1) is 0 Å². The third-order valence-electron chi connectivity index (χ3n) is 2.64. The molecule has 0 heterocycles. The summed E-state index contributed by atoms with van der Waals surface area (Å²) in [5.41, 5.74) is 8.79. The van der Waals surface area contributed by atoms with Gasteiger partial charge in [0.25, 0.3) is 0 Å². The molecule has 0 radical (unpaired) electrons. The Bertz CT molecular complexity index is 535. The Balaban J connectivity index is 2.81. The summed E-state index contributed by atoms with van der Waals surface area (Å²) < 4.78 is 18.7. The molecule has 1 aromatic carbocycles. The quantitative estimate of drug-likeness (QED) is 0.253. The van der Waals surface area contributed by atoms with Crippen molar-refractivity contribution in [1.82, 2.24) is 5.32 Å². The maximum atomic E-state index is 13.1. The number of benzene rings is 1. The van der Waals surface area contributed by atoms with E-state index in [1.807, 2.05) is 0 Å². The lowest BCUT2D eigenvalue weighted by Gasteiger charge is -2.18. The summed E-state index contributed by atoms with van der Waals surface area (Å²) in [6.45, 7) is 2.78. The summed E-state index contributed by atoms with van der Waals surface area (Å²) in [7, 11) is 0. The fourth-order valence-corrected chi connectivity index (χ4v) is 2.30.